The fourth-order valence-electron chi connectivity index (χ4n) is 2.01. The van der Waals surface area contributed by atoms with Crippen LogP contribution in [0.4, 0.5) is 11.5 Å². The third-order valence-electron chi connectivity index (χ3n) is 2.95. The first-order valence-corrected chi connectivity index (χ1v) is 5.98. The molecule has 0 spiro atoms. The molecule has 16 heavy (non-hydrogen) atoms. The Morgan fingerprint density at radius 2 is 2.25 bits per heavy atom. The molecule has 0 bridgehead atoms. The molecule has 1 aliphatic rings. The number of anilines is 2. The lowest BCUT2D eigenvalue weighted by Gasteiger charge is -2.22. The molecule has 0 aromatic carbocycles. The van der Waals surface area contributed by atoms with E-state index < -0.39 is 0 Å². The van der Waals surface area contributed by atoms with Gasteiger partial charge in [-0.3, -0.25) is 0 Å². The van der Waals surface area contributed by atoms with Crippen molar-refractivity contribution in [2.45, 2.75) is 25.8 Å². The van der Waals surface area contributed by atoms with E-state index in [2.05, 4.69) is 28.2 Å². The Morgan fingerprint density at radius 3 is 2.94 bits per heavy atom. The fourth-order valence-corrected chi connectivity index (χ4v) is 2.01. The minimum absolute atomic E-state index is 0.283. The zero-order valence-electron chi connectivity index (χ0n) is 9.82. The van der Waals surface area contributed by atoms with Crippen molar-refractivity contribution < 1.29 is 0 Å². The molecule has 2 rings (SSSR count). The first-order chi connectivity index (χ1) is 7.81. The van der Waals surface area contributed by atoms with Crippen LogP contribution in [0.25, 0.3) is 0 Å². The van der Waals surface area contributed by atoms with Crippen molar-refractivity contribution >= 4 is 11.5 Å². The van der Waals surface area contributed by atoms with Gasteiger partial charge in [-0.25, -0.2) is 4.98 Å². The Hall–Kier alpha value is -1.29. The summed E-state index contributed by atoms with van der Waals surface area (Å²) in [5.41, 5.74) is 6.73. The van der Waals surface area contributed by atoms with Gasteiger partial charge in [-0.05, 0) is 31.9 Å². The highest BCUT2D eigenvalue weighted by molar-refractivity contribution is 5.66. The molecule has 1 aliphatic heterocycles. The second-order valence-corrected chi connectivity index (χ2v) is 4.35. The van der Waals surface area contributed by atoms with Crippen molar-refractivity contribution in [1.29, 1.82) is 0 Å². The summed E-state index contributed by atoms with van der Waals surface area (Å²) in [6, 6.07) is 4.32. The van der Waals surface area contributed by atoms with Crippen molar-refractivity contribution in [2.24, 2.45) is 5.73 Å². The smallest absolute Gasteiger partial charge is 0.151 e. The van der Waals surface area contributed by atoms with Gasteiger partial charge in [0.05, 0.1) is 5.69 Å². The van der Waals surface area contributed by atoms with E-state index in [1.807, 2.05) is 12.3 Å². The maximum atomic E-state index is 5.63. The van der Waals surface area contributed by atoms with E-state index in [1.54, 1.807) is 0 Å². The van der Waals surface area contributed by atoms with Crippen LogP contribution >= 0.6 is 0 Å². The number of nitrogens with two attached hydrogens (primary N) is 1. The summed E-state index contributed by atoms with van der Waals surface area (Å²) in [5.74, 6) is 1.07. The van der Waals surface area contributed by atoms with Gasteiger partial charge in [0.1, 0.15) is 0 Å². The molecule has 0 amide bonds. The average Bonchev–Trinajstić information content (AvgIpc) is 2.83. The highest BCUT2D eigenvalue weighted by Crippen LogP contribution is 2.26. The van der Waals surface area contributed by atoms with E-state index in [1.165, 1.54) is 12.8 Å². The third kappa shape index (κ3) is 2.44. The number of hydrogen-bond donors (Lipinski definition) is 2. The lowest BCUT2D eigenvalue weighted by atomic mass is 10.3. The summed E-state index contributed by atoms with van der Waals surface area (Å²) in [5, 5.41) is 3.41. The summed E-state index contributed by atoms with van der Waals surface area (Å²) < 4.78 is 0. The average molecular weight is 220 g/mol. The standard InChI is InChI=1S/C12H20N4/c1-10(9-13)15-11-5-4-6-14-12(11)16-7-2-3-8-16/h4-6,10,15H,2-3,7-9,13H2,1H3. The van der Waals surface area contributed by atoms with Crippen molar-refractivity contribution in [2.75, 3.05) is 29.9 Å². The molecule has 4 heteroatoms. The topological polar surface area (TPSA) is 54.2 Å². The molecule has 1 aromatic heterocycles. The Morgan fingerprint density at radius 1 is 1.50 bits per heavy atom. The van der Waals surface area contributed by atoms with Gasteiger partial charge in [0.15, 0.2) is 5.82 Å². The monoisotopic (exact) mass is 220 g/mol. The van der Waals surface area contributed by atoms with E-state index in [0.29, 0.717) is 6.54 Å². The number of pyridine rings is 1. The largest absolute Gasteiger partial charge is 0.378 e. The normalized spacial score (nSPS) is 17.5. The van der Waals surface area contributed by atoms with Gasteiger partial charge in [-0.2, -0.15) is 0 Å². The lowest BCUT2D eigenvalue weighted by molar-refractivity contribution is 0.800. The second kappa shape index (κ2) is 5.16. The lowest BCUT2D eigenvalue weighted by Crippen LogP contribution is -2.27. The Balaban J connectivity index is 2.16. The van der Waals surface area contributed by atoms with Crippen LogP contribution in [0.5, 0.6) is 0 Å². The molecule has 0 aliphatic carbocycles. The minimum Gasteiger partial charge on any atom is -0.378 e. The van der Waals surface area contributed by atoms with Gasteiger partial charge in [-0.15, -0.1) is 0 Å². The van der Waals surface area contributed by atoms with Gasteiger partial charge in [0, 0.05) is 31.9 Å². The predicted molar refractivity (Wildman–Crippen MR) is 67.8 cm³/mol. The van der Waals surface area contributed by atoms with Crippen LogP contribution in [-0.4, -0.2) is 30.7 Å². The van der Waals surface area contributed by atoms with Crippen molar-refractivity contribution in [3.63, 3.8) is 0 Å². The van der Waals surface area contributed by atoms with Gasteiger partial charge in [0.25, 0.3) is 0 Å². The van der Waals surface area contributed by atoms with E-state index in [0.717, 1.165) is 24.6 Å². The summed E-state index contributed by atoms with van der Waals surface area (Å²) >= 11 is 0. The first-order valence-electron chi connectivity index (χ1n) is 5.98. The van der Waals surface area contributed by atoms with E-state index in [9.17, 15) is 0 Å². The Bertz CT molecular complexity index is 334. The number of rotatable bonds is 4. The van der Waals surface area contributed by atoms with Crippen LogP contribution in [0.15, 0.2) is 18.3 Å². The highest BCUT2D eigenvalue weighted by Gasteiger charge is 2.17. The maximum absolute atomic E-state index is 5.63. The molecule has 3 N–H and O–H groups in total. The summed E-state index contributed by atoms with van der Waals surface area (Å²) in [6.07, 6.45) is 4.39. The molecule has 0 radical (unpaired) electrons. The van der Waals surface area contributed by atoms with Crippen LogP contribution in [0.1, 0.15) is 19.8 Å². The zero-order valence-corrected chi connectivity index (χ0v) is 9.82. The summed E-state index contributed by atoms with van der Waals surface area (Å²) in [7, 11) is 0. The molecular formula is C12H20N4. The summed E-state index contributed by atoms with van der Waals surface area (Å²) in [6.45, 7) is 4.94. The van der Waals surface area contributed by atoms with Gasteiger partial charge in [-0.1, -0.05) is 0 Å². The van der Waals surface area contributed by atoms with Crippen LogP contribution in [0.3, 0.4) is 0 Å². The van der Waals surface area contributed by atoms with Crippen LogP contribution in [0, 0.1) is 0 Å². The van der Waals surface area contributed by atoms with Crippen LogP contribution in [-0.2, 0) is 0 Å². The van der Waals surface area contributed by atoms with Gasteiger partial charge < -0.3 is 16.0 Å². The molecule has 4 nitrogen and oxygen atoms in total. The molecule has 1 aromatic rings. The molecule has 1 atom stereocenters. The molecule has 1 fully saturated rings. The second-order valence-electron chi connectivity index (χ2n) is 4.35. The maximum Gasteiger partial charge on any atom is 0.151 e. The SMILES string of the molecule is CC(CN)Nc1cccnc1N1CCCC1. The third-order valence-corrected chi connectivity index (χ3v) is 2.95. The molecule has 88 valence electrons. The van der Waals surface area contributed by atoms with Crippen molar-refractivity contribution in [3.05, 3.63) is 18.3 Å². The number of aromatic nitrogens is 1. The molecule has 2 heterocycles. The first kappa shape index (κ1) is 11.2. The van der Waals surface area contributed by atoms with E-state index >= 15 is 0 Å². The number of hydrogen-bond acceptors (Lipinski definition) is 4. The molecule has 1 unspecified atom stereocenters. The van der Waals surface area contributed by atoms with Crippen LogP contribution in [0.2, 0.25) is 0 Å². The van der Waals surface area contributed by atoms with Gasteiger partial charge in [0.2, 0.25) is 0 Å². The molecular weight excluding hydrogens is 200 g/mol. The zero-order chi connectivity index (χ0) is 11.4. The van der Waals surface area contributed by atoms with Crippen LogP contribution < -0.4 is 16.0 Å². The van der Waals surface area contributed by atoms with Gasteiger partial charge >= 0.3 is 0 Å². The predicted octanol–water partition coefficient (Wildman–Crippen LogP) is 1.44. The molecule has 1 saturated heterocycles. The number of nitrogens with zero attached hydrogens (tertiary/aromatic N) is 2. The quantitative estimate of drug-likeness (QED) is 0.806. The minimum atomic E-state index is 0.283. The number of nitrogens with one attached hydrogen (secondary N) is 1. The van der Waals surface area contributed by atoms with Crippen molar-refractivity contribution in [1.82, 2.24) is 4.98 Å². The van der Waals surface area contributed by atoms with E-state index in [4.69, 9.17) is 5.73 Å². The fraction of sp³-hybridized carbons (Fsp3) is 0.583. The Kier molecular flexibility index (Phi) is 3.62. The Labute approximate surface area is 96.8 Å². The van der Waals surface area contributed by atoms with Crippen molar-refractivity contribution in [3.8, 4) is 0 Å². The highest BCUT2D eigenvalue weighted by atomic mass is 15.2. The van der Waals surface area contributed by atoms with E-state index in [-0.39, 0.29) is 6.04 Å². The molecule has 0 saturated carbocycles. The summed E-state index contributed by atoms with van der Waals surface area (Å²) in [4.78, 5) is 6.81.